The summed E-state index contributed by atoms with van der Waals surface area (Å²) in [6, 6.07) is 17.6. The maximum Gasteiger partial charge on any atom is 0.408 e. The molecule has 0 aliphatic carbocycles. The Morgan fingerprint density at radius 2 is 1.57 bits per heavy atom. The van der Waals surface area contributed by atoms with Gasteiger partial charge in [0.2, 0.25) is 0 Å². The average Bonchev–Trinajstić information content (AvgIpc) is 2.71. The van der Waals surface area contributed by atoms with E-state index >= 15 is 0 Å². The third kappa shape index (κ3) is 7.08. The van der Waals surface area contributed by atoms with Crippen LogP contribution in [0.3, 0.4) is 0 Å². The van der Waals surface area contributed by atoms with E-state index in [0.717, 1.165) is 22.9 Å². The molecule has 0 bridgehead atoms. The third-order valence-electron chi connectivity index (χ3n) is 4.09. The first-order valence-corrected chi connectivity index (χ1v) is 10.1. The smallest absolute Gasteiger partial charge is 0.408 e. The lowest BCUT2D eigenvalue weighted by molar-refractivity contribution is -0.138. The molecule has 0 saturated carbocycles. The fraction of sp³-hybridized carbons (Fsp3) is 0.286. The zero-order chi connectivity index (χ0) is 20.4. The lowest BCUT2D eigenvalue weighted by atomic mass is 9.99. The van der Waals surface area contributed by atoms with Crippen LogP contribution >= 0.6 is 11.8 Å². The molecule has 2 atom stereocenters. The summed E-state index contributed by atoms with van der Waals surface area (Å²) in [5, 5.41) is 10.9. The number of amides is 1. The fourth-order valence-electron chi connectivity index (χ4n) is 2.66. The molecule has 1 amide bonds. The number of hydrogen-bond acceptors (Lipinski definition) is 5. The standard InChI is InChI=1S/C21H23NO5S/c1-28-18(13-19(23)24)20(25)17(12-15-8-4-2-5-9-15)22-21(26)27-14-16-10-6-3-7-11-16/h2-11,17-18H,12-14H2,1H3,(H,22,26)(H,23,24)/t17-,18?/m0/s1. The van der Waals surface area contributed by atoms with Crippen molar-refractivity contribution in [3.63, 3.8) is 0 Å². The van der Waals surface area contributed by atoms with Crippen molar-refractivity contribution in [3.05, 3.63) is 71.8 Å². The van der Waals surface area contributed by atoms with Crippen molar-refractivity contribution in [2.24, 2.45) is 0 Å². The Hall–Kier alpha value is -2.80. The maximum absolute atomic E-state index is 12.9. The van der Waals surface area contributed by atoms with E-state index in [9.17, 15) is 14.4 Å². The second kappa shape index (κ2) is 11.1. The highest BCUT2D eigenvalue weighted by Gasteiger charge is 2.30. The number of Topliss-reactive ketones (excluding diaryl/α,β-unsaturated/α-hetero) is 1. The monoisotopic (exact) mass is 401 g/mol. The number of aliphatic carboxylic acids is 1. The predicted molar refractivity (Wildman–Crippen MR) is 108 cm³/mol. The van der Waals surface area contributed by atoms with E-state index in [1.807, 2.05) is 60.7 Å². The number of carboxylic acids is 1. The molecular formula is C21H23NO5S. The summed E-state index contributed by atoms with van der Waals surface area (Å²) in [7, 11) is 0. The van der Waals surface area contributed by atoms with Gasteiger partial charge in [-0.05, 0) is 23.8 Å². The lowest BCUT2D eigenvalue weighted by Crippen LogP contribution is -2.46. The molecule has 0 saturated heterocycles. The highest BCUT2D eigenvalue weighted by molar-refractivity contribution is 7.99. The summed E-state index contributed by atoms with van der Waals surface area (Å²) in [5.41, 5.74) is 1.69. The fourth-order valence-corrected chi connectivity index (χ4v) is 3.37. The Morgan fingerprint density at radius 3 is 2.11 bits per heavy atom. The van der Waals surface area contributed by atoms with Gasteiger partial charge in [-0.1, -0.05) is 60.7 Å². The van der Waals surface area contributed by atoms with Gasteiger partial charge in [0.25, 0.3) is 0 Å². The number of alkyl carbamates (subject to hydrolysis) is 1. The van der Waals surface area contributed by atoms with Gasteiger partial charge in [-0.3, -0.25) is 9.59 Å². The highest BCUT2D eigenvalue weighted by Crippen LogP contribution is 2.17. The first-order valence-electron chi connectivity index (χ1n) is 8.79. The number of thioether (sulfide) groups is 1. The molecule has 2 N–H and O–H groups in total. The quantitative estimate of drug-likeness (QED) is 0.635. The molecule has 2 aromatic carbocycles. The van der Waals surface area contributed by atoms with Crippen molar-refractivity contribution in [2.45, 2.75) is 30.7 Å². The van der Waals surface area contributed by atoms with Crippen LogP contribution in [0.2, 0.25) is 0 Å². The number of carboxylic acid groups (broad SMARTS) is 1. The normalized spacial score (nSPS) is 12.6. The van der Waals surface area contributed by atoms with Crippen LogP contribution in [0.25, 0.3) is 0 Å². The number of carbonyl (C=O) groups is 3. The minimum atomic E-state index is -1.06. The Kier molecular flexibility index (Phi) is 8.55. The number of ketones is 1. The molecule has 0 heterocycles. The van der Waals surface area contributed by atoms with Gasteiger partial charge in [0.05, 0.1) is 17.7 Å². The third-order valence-corrected chi connectivity index (χ3v) is 5.06. The summed E-state index contributed by atoms with van der Waals surface area (Å²) in [6.45, 7) is 0.0833. The number of ether oxygens (including phenoxy) is 1. The van der Waals surface area contributed by atoms with E-state index in [1.54, 1.807) is 6.26 Å². The Morgan fingerprint density at radius 1 is 1.00 bits per heavy atom. The second-order valence-electron chi connectivity index (χ2n) is 6.17. The zero-order valence-electron chi connectivity index (χ0n) is 15.5. The summed E-state index contributed by atoms with van der Waals surface area (Å²) < 4.78 is 5.22. The van der Waals surface area contributed by atoms with Crippen LogP contribution in [0.15, 0.2) is 60.7 Å². The summed E-state index contributed by atoms with van der Waals surface area (Å²) in [4.78, 5) is 36.2. The molecule has 0 radical (unpaired) electrons. The number of rotatable bonds is 10. The van der Waals surface area contributed by atoms with E-state index in [-0.39, 0.29) is 25.2 Å². The van der Waals surface area contributed by atoms with Crippen molar-refractivity contribution in [1.29, 1.82) is 0 Å². The molecule has 7 heteroatoms. The average molecular weight is 401 g/mol. The topological polar surface area (TPSA) is 92.7 Å². The molecule has 0 aromatic heterocycles. The number of hydrogen-bond donors (Lipinski definition) is 2. The van der Waals surface area contributed by atoms with Crippen LogP contribution in [-0.4, -0.2) is 40.5 Å². The van der Waals surface area contributed by atoms with Crippen molar-refractivity contribution in [2.75, 3.05) is 6.26 Å². The Labute approximate surface area is 168 Å². The molecule has 0 spiro atoms. The minimum absolute atomic E-state index is 0.0833. The first-order chi connectivity index (χ1) is 13.5. The molecule has 2 aromatic rings. The molecule has 28 heavy (non-hydrogen) atoms. The van der Waals surface area contributed by atoms with E-state index < -0.39 is 23.4 Å². The molecule has 0 aliphatic heterocycles. The van der Waals surface area contributed by atoms with E-state index in [1.165, 1.54) is 0 Å². The van der Waals surface area contributed by atoms with E-state index in [4.69, 9.17) is 9.84 Å². The van der Waals surface area contributed by atoms with Gasteiger partial charge in [0, 0.05) is 0 Å². The van der Waals surface area contributed by atoms with Crippen LogP contribution in [0.4, 0.5) is 4.79 Å². The van der Waals surface area contributed by atoms with Crippen molar-refractivity contribution < 1.29 is 24.2 Å². The van der Waals surface area contributed by atoms with Crippen LogP contribution < -0.4 is 5.32 Å². The molecule has 0 fully saturated rings. The van der Waals surface area contributed by atoms with Gasteiger partial charge < -0.3 is 15.2 Å². The highest BCUT2D eigenvalue weighted by atomic mass is 32.2. The lowest BCUT2D eigenvalue weighted by Gasteiger charge is -2.21. The Balaban J connectivity index is 2.07. The molecule has 2 rings (SSSR count). The van der Waals surface area contributed by atoms with Gasteiger partial charge in [-0.2, -0.15) is 11.8 Å². The van der Waals surface area contributed by atoms with Crippen LogP contribution in [0.5, 0.6) is 0 Å². The minimum Gasteiger partial charge on any atom is -0.481 e. The van der Waals surface area contributed by atoms with Gasteiger partial charge >= 0.3 is 12.1 Å². The van der Waals surface area contributed by atoms with Crippen LogP contribution in [0, 0.1) is 0 Å². The SMILES string of the molecule is CSC(CC(=O)O)C(=O)[C@H](Cc1ccccc1)NC(=O)OCc1ccccc1. The zero-order valence-corrected chi connectivity index (χ0v) is 16.4. The van der Waals surface area contributed by atoms with Gasteiger partial charge in [0.15, 0.2) is 5.78 Å². The van der Waals surface area contributed by atoms with Crippen LogP contribution in [-0.2, 0) is 27.4 Å². The van der Waals surface area contributed by atoms with E-state index in [2.05, 4.69) is 5.32 Å². The van der Waals surface area contributed by atoms with Gasteiger partial charge in [-0.15, -0.1) is 0 Å². The molecular weight excluding hydrogens is 378 g/mol. The van der Waals surface area contributed by atoms with E-state index in [0.29, 0.717) is 0 Å². The molecule has 148 valence electrons. The van der Waals surface area contributed by atoms with Crippen LogP contribution in [0.1, 0.15) is 17.5 Å². The molecule has 6 nitrogen and oxygen atoms in total. The molecule has 0 aliphatic rings. The molecule has 1 unspecified atom stereocenters. The largest absolute Gasteiger partial charge is 0.481 e. The van der Waals surface area contributed by atoms with Crippen molar-refractivity contribution in [1.82, 2.24) is 5.32 Å². The summed E-state index contributed by atoms with van der Waals surface area (Å²) >= 11 is 1.16. The van der Waals surface area contributed by atoms with Gasteiger partial charge in [0.1, 0.15) is 6.61 Å². The van der Waals surface area contributed by atoms with Gasteiger partial charge in [-0.25, -0.2) is 4.79 Å². The Bertz CT molecular complexity index is 782. The van der Waals surface area contributed by atoms with Crippen molar-refractivity contribution >= 4 is 29.6 Å². The number of carbonyl (C=O) groups excluding carboxylic acids is 2. The summed E-state index contributed by atoms with van der Waals surface area (Å²) in [5.74, 6) is -1.40. The number of nitrogens with one attached hydrogen (secondary N) is 1. The first kappa shape index (κ1) is 21.5. The summed E-state index contributed by atoms with van der Waals surface area (Å²) in [6.07, 6.45) is 0.926. The maximum atomic E-state index is 12.9. The van der Waals surface area contributed by atoms with Crippen molar-refractivity contribution in [3.8, 4) is 0 Å². The second-order valence-corrected chi connectivity index (χ2v) is 7.21. The number of benzene rings is 2. The predicted octanol–water partition coefficient (Wildman–Crippen LogP) is 3.30.